The number of azo groups is 1. The number of rotatable bonds is 3. The standard InChI is InChI=1S/C16H12N6O/c17-9-10-2-1-3-13(8-10)19-21-15-14(20-22-16(15)23)11-4-6-12(18)7-5-11/h1-8H,18H2,(H2,20,22,23). The van der Waals surface area contributed by atoms with E-state index in [0.29, 0.717) is 22.6 Å². The van der Waals surface area contributed by atoms with Gasteiger partial charge in [0.15, 0.2) is 5.69 Å². The smallest absolute Gasteiger partial charge is 0.292 e. The van der Waals surface area contributed by atoms with Gasteiger partial charge >= 0.3 is 0 Å². The van der Waals surface area contributed by atoms with Crippen molar-refractivity contribution in [3.8, 4) is 17.3 Å². The molecule has 7 heteroatoms. The predicted octanol–water partition coefficient (Wildman–Crippen LogP) is 3.24. The normalized spacial score (nSPS) is 10.7. The Bertz CT molecular complexity index is 959. The predicted molar refractivity (Wildman–Crippen MR) is 86.6 cm³/mol. The van der Waals surface area contributed by atoms with Crippen LogP contribution >= 0.6 is 0 Å². The largest absolute Gasteiger partial charge is 0.399 e. The maximum atomic E-state index is 11.9. The minimum atomic E-state index is -0.378. The third kappa shape index (κ3) is 3.01. The lowest BCUT2D eigenvalue weighted by Gasteiger charge is -1.99. The van der Waals surface area contributed by atoms with Gasteiger partial charge in [-0.05, 0) is 30.3 Å². The highest BCUT2D eigenvalue weighted by Crippen LogP contribution is 2.27. The molecule has 0 aliphatic rings. The Kier molecular flexibility index (Phi) is 3.72. The van der Waals surface area contributed by atoms with Gasteiger partial charge in [0.1, 0.15) is 0 Å². The van der Waals surface area contributed by atoms with Gasteiger partial charge < -0.3 is 5.73 Å². The molecule has 1 heterocycles. The SMILES string of the molecule is N#Cc1cccc(N=Nc2c(-c3ccc(N)cc3)[nH][nH]c2=O)c1. The van der Waals surface area contributed by atoms with E-state index in [1.54, 1.807) is 48.5 Å². The van der Waals surface area contributed by atoms with Crippen molar-refractivity contribution in [2.75, 3.05) is 5.73 Å². The molecule has 112 valence electrons. The Morgan fingerprint density at radius 2 is 1.83 bits per heavy atom. The van der Waals surface area contributed by atoms with Crippen molar-refractivity contribution in [3.63, 3.8) is 0 Å². The summed E-state index contributed by atoms with van der Waals surface area (Å²) >= 11 is 0. The minimum absolute atomic E-state index is 0.164. The van der Waals surface area contributed by atoms with Crippen LogP contribution in [0, 0.1) is 11.3 Å². The molecule has 7 nitrogen and oxygen atoms in total. The van der Waals surface area contributed by atoms with Crippen molar-refractivity contribution in [3.05, 3.63) is 64.4 Å². The molecule has 23 heavy (non-hydrogen) atoms. The van der Waals surface area contributed by atoms with E-state index in [1.165, 1.54) is 0 Å². The van der Waals surface area contributed by atoms with Crippen LogP contribution in [0.5, 0.6) is 0 Å². The second-order valence-electron chi connectivity index (χ2n) is 4.79. The van der Waals surface area contributed by atoms with Gasteiger partial charge in [0.05, 0.1) is 23.0 Å². The molecule has 0 radical (unpaired) electrons. The van der Waals surface area contributed by atoms with Gasteiger partial charge in [-0.15, -0.1) is 5.11 Å². The Balaban J connectivity index is 1.99. The van der Waals surface area contributed by atoms with E-state index in [0.717, 1.165) is 5.56 Å². The number of nitrogen functional groups attached to an aromatic ring is 1. The molecule has 3 rings (SSSR count). The van der Waals surface area contributed by atoms with E-state index in [-0.39, 0.29) is 11.2 Å². The molecule has 0 aliphatic carbocycles. The average molecular weight is 304 g/mol. The minimum Gasteiger partial charge on any atom is -0.399 e. The molecular formula is C16H12N6O. The molecule has 3 aromatic rings. The second-order valence-corrected chi connectivity index (χ2v) is 4.79. The number of nitrogens with zero attached hydrogens (tertiary/aromatic N) is 3. The zero-order chi connectivity index (χ0) is 16.2. The lowest BCUT2D eigenvalue weighted by Crippen LogP contribution is -1.96. The Hall–Kier alpha value is -3.66. The number of benzene rings is 2. The lowest BCUT2D eigenvalue weighted by molar-refractivity contribution is 1.06. The zero-order valence-corrected chi connectivity index (χ0v) is 11.9. The first-order valence-electron chi connectivity index (χ1n) is 6.76. The summed E-state index contributed by atoms with van der Waals surface area (Å²) in [5.41, 5.74) is 8.33. The fraction of sp³-hybridized carbons (Fsp3) is 0. The summed E-state index contributed by atoms with van der Waals surface area (Å²) in [5, 5.41) is 22.2. The Labute approximate surface area is 131 Å². The molecule has 0 atom stereocenters. The van der Waals surface area contributed by atoms with E-state index in [4.69, 9.17) is 11.0 Å². The number of nitrogens with two attached hydrogens (primary N) is 1. The van der Waals surface area contributed by atoms with Crippen LogP contribution in [-0.2, 0) is 0 Å². The summed E-state index contributed by atoms with van der Waals surface area (Å²) < 4.78 is 0. The molecule has 0 bridgehead atoms. The van der Waals surface area contributed by atoms with Crippen molar-refractivity contribution in [1.29, 1.82) is 5.26 Å². The summed E-state index contributed by atoms with van der Waals surface area (Å²) in [6.45, 7) is 0. The Morgan fingerprint density at radius 1 is 1.04 bits per heavy atom. The highest BCUT2D eigenvalue weighted by atomic mass is 16.1. The summed E-state index contributed by atoms with van der Waals surface area (Å²) in [5.74, 6) is 0. The van der Waals surface area contributed by atoms with E-state index >= 15 is 0 Å². The number of H-pyrrole nitrogens is 2. The number of hydrogen-bond acceptors (Lipinski definition) is 5. The van der Waals surface area contributed by atoms with Gasteiger partial charge in [0.25, 0.3) is 5.56 Å². The van der Waals surface area contributed by atoms with Crippen LogP contribution in [0.4, 0.5) is 17.1 Å². The van der Waals surface area contributed by atoms with E-state index in [2.05, 4.69) is 20.4 Å². The van der Waals surface area contributed by atoms with Crippen molar-refractivity contribution in [2.45, 2.75) is 0 Å². The lowest BCUT2D eigenvalue weighted by atomic mass is 10.1. The third-order valence-electron chi connectivity index (χ3n) is 3.19. The molecule has 1 aromatic heterocycles. The molecule has 0 aliphatic heterocycles. The Morgan fingerprint density at radius 3 is 2.57 bits per heavy atom. The van der Waals surface area contributed by atoms with Crippen molar-refractivity contribution < 1.29 is 0 Å². The van der Waals surface area contributed by atoms with Crippen LogP contribution < -0.4 is 11.3 Å². The van der Waals surface area contributed by atoms with Gasteiger partial charge in [0.2, 0.25) is 0 Å². The first-order chi connectivity index (χ1) is 11.2. The van der Waals surface area contributed by atoms with Crippen molar-refractivity contribution in [1.82, 2.24) is 10.2 Å². The van der Waals surface area contributed by atoms with E-state index < -0.39 is 0 Å². The van der Waals surface area contributed by atoms with Crippen LogP contribution in [0.25, 0.3) is 11.3 Å². The third-order valence-corrected chi connectivity index (χ3v) is 3.19. The quantitative estimate of drug-likeness (QED) is 0.508. The van der Waals surface area contributed by atoms with Crippen LogP contribution in [0.1, 0.15) is 5.56 Å². The number of aromatic amines is 2. The average Bonchev–Trinajstić information content (AvgIpc) is 2.94. The summed E-state index contributed by atoms with van der Waals surface area (Å²) in [6.07, 6.45) is 0. The molecule has 0 fully saturated rings. The number of aromatic nitrogens is 2. The number of hydrogen-bond donors (Lipinski definition) is 3. The monoisotopic (exact) mass is 304 g/mol. The number of nitriles is 1. The van der Waals surface area contributed by atoms with Crippen molar-refractivity contribution in [2.24, 2.45) is 10.2 Å². The molecule has 0 saturated heterocycles. The fourth-order valence-corrected chi connectivity index (χ4v) is 2.05. The van der Waals surface area contributed by atoms with E-state index in [1.807, 2.05) is 6.07 Å². The first kappa shape index (κ1) is 14.3. The summed E-state index contributed by atoms with van der Waals surface area (Å²) in [7, 11) is 0. The number of anilines is 1. The number of nitrogens with one attached hydrogen (secondary N) is 2. The van der Waals surface area contributed by atoms with Crippen molar-refractivity contribution >= 4 is 17.1 Å². The molecule has 2 aromatic carbocycles. The molecule has 0 spiro atoms. The van der Waals surface area contributed by atoms with Gasteiger partial charge in [-0.25, -0.2) is 0 Å². The van der Waals surface area contributed by atoms with Gasteiger partial charge in [-0.1, -0.05) is 18.2 Å². The molecular weight excluding hydrogens is 292 g/mol. The highest BCUT2D eigenvalue weighted by molar-refractivity contribution is 5.72. The fourth-order valence-electron chi connectivity index (χ4n) is 2.05. The summed E-state index contributed by atoms with van der Waals surface area (Å²) in [6, 6.07) is 15.7. The molecule has 0 amide bonds. The van der Waals surface area contributed by atoms with Crippen LogP contribution in [0.3, 0.4) is 0 Å². The summed E-state index contributed by atoms with van der Waals surface area (Å²) in [4.78, 5) is 11.9. The topological polar surface area (TPSA) is 123 Å². The maximum absolute atomic E-state index is 11.9. The van der Waals surface area contributed by atoms with Crippen LogP contribution in [0.2, 0.25) is 0 Å². The van der Waals surface area contributed by atoms with Crippen LogP contribution in [0.15, 0.2) is 63.6 Å². The maximum Gasteiger partial charge on any atom is 0.292 e. The molecule has 4 N–H and O–H groups in total. The van der Waals surface area contributed by atoms with Gasteiger partial charge in [0, 0.05) is 11.3 Å². The van der Waals surface area contributed by atoms with Crippen LogP contribution in [-0.4, -0.2) is 10.2 Å². The van der Waals surface area contributed by atoms with E-state index in [9.17, 15) is 4.79 Å². The first-order valence-corrected chi connectivity index (χ1v) is 6.76. The van der Waals surface area contributed by atoms with Gasteiger partial charge in [-0.2, -0.15) is 10.4 Å². The zero-order valence-electron chi connectivity index (χ0n) is 11.9. The van der Waals surface area contributed by atoms with Gasteiger partial charge in [-0.3, -0.25) is 15.0 Å². The molecule has 0 saturated carbocycles. The highest BCUT2D eigenvalue weighted by Gasteiger charge is 2.11. The second kappa shape index (κ2) is 5.99. The molecule has 0 unspecified atom stereocenters.